The zero-order valence-electron chi connectivity index (χ0n) is 12.7. The molecule has 0 atom stereocenters. The first-order valence-corrected chi connectivity index (χ1v) is 7.30. The summed E-state index contributed by atoms with van der Waals surface area (Å²) in [6, 6.07) is 16.9. The topological polar surface area (TPSA) is 4.93 Å². The third-order valence-electron chi connectivity index (χ3n) is 3.34. The summed E-state index contributed by atoms with van der Waals surface area (Å²) in [7, 11) is 0. The summed E-state index contributed by atoms with van der Waals surface area (Å²) in [5, 5.41) is 2.52. The Morgan fingerprint density at radius 3 is 1.76 bits per heavy atom. The molecule has 0 saturated carbocycles. The van der Waals surface area contributed by atoms with E-state index < -0.39 is 0 Å². The molecule has 0 aliphatic rings. The van der Waals surface area contributed by atoms with E-state index in [1.807, 2.05) is 26.0 Å². The maximum Gasteiger partial charge on any atom is 0.0541 e. The minimum Gasteiger partial charge on any atom is -0.309 e. The molecule has 1 heteroatoms. The van der Waals surface area contributed by atoms with Crippen LogP contribution < -0.4 is 0 Å². The first kappa shape index (κ1) is 14.9. The minimum absolute atomic E-state index is 1.03. The molecule has 0 saturated heterocycles. The normalized spacial score (nSPS) is 11.0. The van der Waals surface area contributed by atoms with E-state index in [1.54, 1.807) is 6.08 Å². The maximum absolute atomic E-state index is 3.91. The van der Waals surface area contributed by atoms with Gasteiger partial charge in [-0.3, -0.25) is 0 Å². The van der Waals surface area contributed by atoms with Gasteiger partial charge in [-0.05, 0) is 24.3 Å². The van der Waals surface area contributed by atoms with Gasteiger partial charge >= 0.3 is 0 Å². The van der Waals surface area contributed by atoms with E-state index in [2.05, 4.69) is 66.3 Å². The molecule has 21 heavy (non-hydrogen) atoms. The predicted octanol–water partition coefficient (Wildman–Crippen LogP) is 6.03. The monoisotopic (exact) mass is 275 g/mol. The van der Waals surface area contributed by atoms with Crippen LogP contribution in [-0.2, 0) is 0 Å². The van der Waals surface area contributed by atoms with Gasteiger partial charge in [0.2, 0.25) is 0 Å². The Bertz CT molecular complexity index is 750. The number of benzene rings is 2. The summed E-state index contributed by atoms with van der Waals surface area (Å²) in [6.45, 7) is 11.7. The molecule has 106 valence electrons. The number of fused-ring (bicyclic) bond motifs is 3. The van der Waals surface area contributed by atoms with Gasteiger partial charge in [0.25, 0.3) is 0 Å². The molecule has 0 spiro atoms. The third-order valence-corrected chi connectivity index (χ3v) is 3.34. The van der Waals surface area contributed by atoms with Crippen LogP contribution in [0, 0.1) is 0 Å². The summed E-state index contributed by atoms with van der Waals surface area (Å²) in [6.07, 6.45) is 5.63. The highest BCUT2D eigenvalue weighted by Gasteiger charge is 2.10. The Labute approximate surface area is 126 Å². The first-order chi connectivity index (χ1) is 10.4. The molecule has 2 aromatic carbocycles. The molecule has 0 amide bonds. The van der Waals surface area contributed by atoms with E-state index in [-0.39, 0.29) is 0 Å². The fourth-order valence-electron chi connectivity index (χ4n) is 2.56. The van der Waals surface area contributed by atoms with Crippen LogP contribution in [-0.4, -0.2) is 4.57 Å². The molecule has 0 radical (unpaired) electrons. The van der Waals surface area contributed by atoms with Crippen molar-refractivity contribution in [1.29, 1.82) is 0 Å². The molecule has 0 N–H and O–H groups in total. The smallest absolute Gasteiger partial charge is 0.0541 e. The summed E-state index contributed by atoms with van der Waals surface area (Å²) in [4.78, 5) is 0. The van der Waals surface area contributed by atoms with Crippen LogP contribution in [0.3, 0.4) is 0 Å². The summed E-state index contributed by atoms with van der Waals surface area (Å²) in [5.74, 6) is 0. The second-order valence-electron chi connectivity index (χ2n) is 4.40. The highest BCUT2D eigenvalue weighted by molar-refractivity contribution is 6.10. The molecule has 0 aliphatic heterocycles. The second-order valence-corrected chi connectivity index (χ2v) is 4.40. The highest BCUT2D eigenvalue weighted by Crippen LogP contribution is 2.31. The van der Waals surface area contributed by atoms with Gasteiger partial charge in [-0.25, -0.2) is 0 Å². The van der Waals surface area contributed by atoms with Gasteiger partial charge in [-0.1, -0.05) is 69.5 Å². The van der Waals surface area contributed by atoms with Gasteiger partial charge in [0.1, 0.15) is 0 Å². The van der Waals surface area contributed by atoms with E-state index in [4.69, 9.17) is 0 Å². The van der Waals surface area contributed by atoms with Gasteiger partial charge in [-0.15, -0.1) is 0 Å². The van der Waals surface area contributed by atoms with Gasteiger partial charge in [0.05, 0.1) is 11.0 Å². The summed E-state index contributed by atoms with van der Waals surface area (Å²) >= 11 is 0. The Morgan fingerprint density at radius 1 is 0.857 bits per heavy atom. The minimum atomic E-state index is 1.03. The average Bonchev–Trinajstić information content (AvgIpc) is 2.89. The zero-order chi connectivity index (χ0) is 15.2. The molecule has 0 unspecified atom stereocenters. The largest absolute Gasteiger partial charge is 0.309 e. The van der Waals surface area contributed by atoms with Crippen LogP contribution in [0.4, 0.5) is 0 Å². The molecule has 1 heterocycles. The maximum atomic E-state index is 3.91. The lowest BCUT2D eigenvalue weighted by Gasteiger charge is -2.07. The van der Waals surface area contributed by atoms with Crippen molar-refractivity contribution >= 4 is 27.5 Å². The van der Waals surface area contributed by atoms with Crippen molar-refractivity contribution in [1.82, 2.24) is 4.57 Å². The SMILES string of the molecule is C=C/C=C(\C=C)n1c2ccccc2c2ccccc21.CC. The number of hydrogen-bond donors (Lipinski definition) is 0. The number of aromatic nitrogens is 1. The van der Waals surface area contributed by atoms with Gasteiger partial charge in [0.15, 0.2) is 0 Å². The zero-order valence-corrected chi connectivity index (χ0v) is 12.7. The molecule has 3 aromatic rings. The Kier molecular flexibility index (Phi) is 4.78. The first-order valence-electron chi connectivity index (χ1n) is 7.30. The van der Waals surface area contributed by atoms with Gasteiger partial charge < -0.3 is 4.57 Å². The molecule has 3 rings (SSSR count). The lowest BCUT2D eigenvalue weighted by atomic mass is 10.2. The molecule has 1 nitrogen and oxygen atoms in total. The predicted molar refractivity (Wildman–Crippen MR) is 95.5 cm³/mol. The van der Waals surface area contributed by atoms with Crippen molar-refractivity contribution in [3.05, 3.63) is 79.9 Å². The molecule has 1 aromatic heterocycles. The Morgan fingerprint density at radius 2 is 1.33 bits per heavy atom. The van der Waals surface area contributed by atoms with Crippen molar-refractivity contribution in [2.24, 2.45) is 0 Å². The third kappa shape index (κ3) is 2.55. The summed E-state index contributed by atoms with van der Waals surface area (Å²) < 4.78 is 2.22. The fraction of sp³-hybridized carbons (Fsp3) is 0.100. The van der Waals surface area contributed by atoms with E-state index in [0.29, 0.717) is 0 Å². The fourth-order valence-corrected chi connectivity index (χ4v) is 2.56. The molecule has 0 fully saturated rings. The average molecular weight is 275 g/mol. The number of nitrogens with zero attached hydrogens (tertiary/aromatic N) is 1. The van der Waals surface area contributed by atoms with Crippen molar-refractivity contribution in [2.45, 2.75) is 13.8 Å². The van der Waals surface area contributed by atoms with Crippen LogP contribution in [0.25, 0.3) is 27.5 Å². The molecular formula is C20H21N. The highest BCUT2D eigenvalue weighted by atomic mass is 15.0. The van der Waals surface area contributed by atoms with Crippen LogP contribution in [0.5, 0.6) is 0 Å². The van der Waals surface area contributed by atoms with Crippen LogP contribution >= 0.6 is 0 Å². The number of para-hydroxylation sites is 2. The van der Waals surface area contributed by atoms with Crippen LogP contribution in [0.1, 0.15) is 13.8 Å². The molecular weight excluding hydrogens is 254 g/mol. The summed E-state index contributed by atoms with van der Waals surface area (Å²) in [5.41, 5.74) is 3.42. The van der Waals surface area contributed by atoms with E-state index >= 15 is 0 Å². The lowest BCUT2D eigenvalue weighted by molar-refractivity contribution is 1.24. The Balaban J connectivity index is 0.000000774. The van der Waals surface area contributed by atoms with Crippen molar-refractivity contribution in [3.63, 3.8) is 0 Å². The standard InChI is InChI=1S/C18H15N.C2H6/c1-3-9-14(4-2)19-17-12-7-5-10-15(17)16-11-6-8-13-18(16)19;1-2/h3-13H,1-2H2;1-2H3/b14-9+;. The number of allylic oxidation sites excluding steroid dienone is 4. The second kappa shape index (κ2) is 6.76. The van der Waals surface area contributed by atoms with E-state index in [1.165, 1.54) is 21.8 Å². The quantitative estimate of drug-likeness (QED) is 0.514. The lowest BCUT2D eigenvalue weighted by Crippen LogP contribution is -1.93. The van der Waals surface area contributed by atoms with E-state index in [0.717, 1.165) is 5.70 Å². The van der Waals surface area contributed by atoms with Crippen LogP contribution in [0.2, 0.25) is 0 Å². The van der Waals surface area contributed by atoms with Crippen LogP contribution in [0.15, 0.2) is 79.9 Å². The van der Waals surface area contributed by atoms with E-state index in [9.17, 15) is 0 Å². The molecule has 0 aliphatic carbocycles. The molecule has 0 bridgehead atoms. The number of hydrogen-bond acceptors (Lipinski definition) is 0. The van der Waals surface area contributed by atoms with Gasteiger partial charge in [0, 0.05) is 16.5 Å². The van der Waals surface area contributed by atoms with Crippen molar-refractivity contribution in [3.8, 4) is 0 Å². The van der Waals surface area contributed by atoms with Crippen molar-refractivity contribution < 1.29 is 0 Å². The van der Waals surface area contributed by atoms with Crippen molar-refractivity contribution in [2.75, 3.05) is 0 Å². The number of rotatable bonds is 3. The Hall–Kier alpha value is -2.54. The van der Waals surface area contributed by atoms with Gasteiger partial charge in [-0.2, -0.15) is 0 Å².